The zero-order valence-electron chi connectivity index (χ0n) is 9.27. The molecule has 1 aromatic rings. The van der Waals surface area contributed by atoms with Crippen LogP contribution >= 0.6 is 11.6 Å². The molecule has 17 heavy (non-hydrogen) atoms. The summed E-state index contributed by atoms with van der Waals surface area (Å²) in [4.78, 5) is 13.5. The van der Waals surface area contributed by atoms with Crippen LogP contribution in [0.5, 0.6) is 0 Å². The van der Waals surface area contributed by atoms with Gasteiger partial charge < -0.3 is 10.0 Å². The fraction of sp³-hybridized carbons (Fsp3) is 0.333. The third-order valence-corrected chi connectivity index (χ3v) is 3.38. The first-order chi connectivity index (χ1) is 8.11. The monoisotopic (exact) mass is 250 g/mol. The summed E-state index contributed by atoms with van der Waals surface area (Å²) in [5, 5.41) is 18.6. The minimum Gasteiger partial charge on any atom is -0.395 e. The molecule has 88 valence electrons. The van der Waals surface area contributed by atoms with Crippen LogP contribution in [0, 0.1) is 18.3 Å². The first-order valence-corrected chi connectivity index (χ1v) is 5.60. The molecule has 0 saturated heterocycles. The van der Waals surface area contributed by atoms with Crippen molar-refractivity contribution in [1.29, 1.82) is 5.26 Å². The van der Waals surface area contributed by atoms with Crippen LogP contribution in [0.15, 0.2) is 12.1 Å². The number of nitrogens with zero attached hydrogens (tertiary/aromatic N) is 2. The van der Waals surface area contributed by atoms with Crippen LogP contribution in [0.25, 0.3) is 0 Å². The molecular weight excluding hydrogens is 240 g/mol. The van der Waals surface area contributed by atoms with Gasteiger partial charge in [0, 0.05) is 17.1 Å². The van der Waals surface area contributed by atoms with Gasteiger partial charge in [0.25, 0.3) is 5.91 Å². The van der Waals surface area contributed by atoms with E-state index in [1.54, 1.807) is 19.1 Å². The summed E-state index contributed by atoms with van der Waals surface area (Å²) in [6.07, 6.45) is 0. The summed E-state index contributed by atoms with van der Waals surface area (Å²) in [6, 6.07) is 4.85. The molecule has 0 fully saturated rings. The summed E-state index contributed by atoms with van der Waals surface area (Å²) < 4.78 is 0. The van der Waals surface area contributed by atoms with Gasteiger partial charge in [-0.25, -0.2) is 0 Å². The lowest BCUT2D eigenvalue weighted by atomic mass is 10.0. The Kier molecular flexibility index (Phi) is 3.05. The maximum atomic E-state index is 12.1. The number of amides is 1. The van der Waals surface area contributed by atoms with E-state index in [2.05, 4.69) is 6.07 Å². The molecule has 0 bridgehead atoms. The van der Waals surface area contributed by atoms with Gasteiger partial charge in [0.05, 0.1) is 18.2 Å². The number of carbonyl (C=O) groups excluding carboxylic acids is 1. The van der Waals surface area contributed by atoms with Gasteiger partial charge in [0.15, 0.2) is 0 Å². The van der Waals surface area contributed by atoms with E-state index in [1.807, 2.05) is 0 Å². The zero-order valence-corrected chi connectivity index (χ0v) is 10.0. The largest absolute Gasteiger partial charge is 0.395 e. The predicted molar refractivity (Wildman–Crippen MR) is 62.7 cm³/mol. The summed E-state index contributed by atoms with van der Waals surface area (Å²) >= 11 is 5.97. The second-order valence-electron chi connectivity index (χ2n) is 3.89. The van der Waals surface area contributed by atoms with Crippen LogP contribution in [0.1, 0.15) is 27.5 Å². The van der Waals surface area contributed by atoms with E-state index in [0.717, 1.165) is 0 Å². The molecule has 5 heteroatoms. The summed E-state index contributed by atoms with van der Waals surface area (Å²) in [5.41, 5.74) is 1.86. The van der Waals surface area contributed by atoms with Crippen LogP contribution < -0.4 is 0 Å². The van der Waals surface area contributed by atoms with Gasteiger partial charge in [0.2, 0.25) is 0 Å². The molecule has 1 aliphatic heterocycles. The Morgan fingerprint density at radius 1 is 1.59 bits per heavy atom. The van der Waals surface area contributed by atoms with E-state index in [0.29, 0.717) is 21.7 Å². The highest BCUT2D eigenvalue weighted by molar-refractivity contribution is 6.32. The maximum Gasteiger partial charge on any atom is 0.255 e. The van der Waals surface area contributed by atoms with E-state index < -0.39 is 6.04 Å². The van der Waals surface area contributed by atoms with E-state index in [1.165, 1.54) is 4.90 Å². The van der Waals surface area contributed by atoms with Crippen LogP contribution in [0.4, 0.5) is 0 Å². The standard InChI is InChI=1S/C12H11ClN2O2/c1-7-9(13)3-2-8-10(6-14)15(4-5-16)12(17)11(7)8/h2-3,10,16H,4-5H2,1H3. The third-order valence-electron chi connectivity index (χ3n) is 2.98. The summed E-state index contributed by atoms with van der Waals surface area (Å²) in [6.45, 7) is 1.75. The van der Waals surface area contributed by atoms with Gasteiger partial charge in [-0.2, -0.15) is 5.26 Å². The fourth-order valence-electron chi connectivity index (χ4n) is 2.13. The number of carbonyl (C=O) groups is 1. The van der Waals surface area contributed by atoms with Crippen molar-refractivity contribution >= 4 is 17.5 Å². The summed E-state index contributed by atoms with van der Waals surface area (Å²) in [7, 11) is 0. The molecule has 4 nitrogen and oxygen atoms in total. The molecular formula is C12H11ClN2O2. The van der Waals surface area contributed by atoms with E-state index >= 15 is 0 Å². The van der Waals surface area contributed by atoms with Crippen LogP contribution in [-0.4, -0.2) is 29.1 Å². The Morgan fingerprint density at radius 3 is 2.88 bits per heavy atom. The number of halogens is 1. The number of nitriles is 1. The minimum absolute atomic E-state index is 0.156. The molecule has 1 amide bonds. The van der Waals surface area contributed by atoms with Crippen molar-refractivity contribution in [2.45, 2.75) is 13.0 Å². The molecule has 0 aliphatic carbocycles. The average molecular weight is 251 g/mol. The Bertz CT molecular complexity index is 522. The molecule has 1 aliphatic rings. The number of aliphatic hydroxyl groups is 1. The number of aliphatic hydroxyl groups excluding tert-OH is 1. The molecule has 1 N–H and O–H groups in total. The molecule has 1 unspecified atom stereocenters. The predicted octanol–water partition coefficient (Wildman–Crippen LogP) is 1.66. The molecule has 0 aromatic heterocycles. The van der Waals surface area contributed by atoms with Gasteiger partial charge in [-0.3, -0.25) is 4.79 Å². The zero-order chi connectivity index (χ0) is 12.6. The van der Waals surface area contributed by atoms with E-state index in [-0.39, 0.29) is 19.1 Å². The van der Waals surface area contributed by atoms with Crippen molar-refractivity contribution < 1.29 is 9.90 Å². The van der Waals surface area contributed by atoms with Gasteiger partial charge >= 0.3 is 0 Å². The van der Waals surface area contributed by atoms with Gasteiger partial charge in [0.1, 0.15) is 6.04 Å². The van der Waals surface area contributed by atoms with Gasteiger partial charge in [-0.05, 0) is 18.6 Å². The lowest BCUT2D eigenvalue weighted by Gasteiger charge is -2.18. The van der Waals surface area contributed by atoms with Crippen LogP contribution in [0.2, 0.25) is 5.02 Å². The summed E-state index contributed by atoms with van der Waals surface area (Å²) in [5.74, 6) is -0.236. The molecule has 1 heterocycles. The average Bonchev–Trinajstić information content (AvgIpc) is 2.58. The topological polar surface area (TPSA) is 64.3 Å². The van der Waals surface area contributed by atoms with Crippen LogP contribution in [-0.2, 0) is 0 Å². The minimum atomic E-state index is -0.624. The first kappa shape index (κ1) is 11.9. The third kappa shape index (κ3) is 1.68. The van der Waals surface area contributed by atoms with Crippen molar-refractivity contribution in [2.75, 3.05) is 13.2 Å². The van der Waals surface area contributed by atoms with Crippen molar-refractivity contribution in [3.63, 3.8) is 0 Å². The van der Waals surface area contributed by atoms with Crippen molar-refractivity contribution in [1.82, 2.24) is 4.90 Å². The smallest absolute Gasteiger partial charge is 0.255 e. The lowest BCUT2D eigenvalue weighted by molar-refractivity contribution is 0.0721. The number of β-amino-alcohol motifs (C(OH)–C–C–N with tert-alkyl or cyclic N) is 1. The van der Waals surface area contributed by atoms with Crippen molar-refractivity contribution in [3.8, 4) is 6.07 Å². The Balaban J connectivity index is 2.58. The Hall–Kier alpha value is -1.57. The normalized spacial score (nSPS) is 18.1. The van der Waals surface area contributed by atoms with Gasteiger partial charge in [-0.1, -0.05) is 17.7 Å². The Morgan fingerprint density at radius 2 is 2.29 bits per heavy atom. The molecule has 1 atom stereocenters. The van der Waals surface area contributed by atoms with Crippen molar-refractivity contribution in [2.24, 2.45) is 0 Å². The highest BCUT2D eigenvalue weighted by Crippen LogP contribution is 2.37. The highest BCUT2D eigenvalue weighted by Gasteiger charge is 2.37. The number of rotatable bonds is 2. The van der Waals surface area contributed by atoms with Gasteiger partial charge in [-0.15, -0.1) is 0 Å². The lowest BCUT2D eigenvalue weighted by Crippen LogP contribution is -2.30. The second-order valence-corrected chi connectivity index (χ2v) is 4.30. The van der Waals surface area contributed by atoms with Crippen LogP contribution in [0.3, 0.4) is 0 Å². The Labute approximate surface area is 104 Å². The van der Waals surface area contributed by atoms with Crippen molar-refractivity contribution in [3.05, 3.63) is 33.8 Å². The second kappa shape index (κ2) is 4.36. The highest BCUT2D eigenvalue weighted by atomic mass is 35.5. The molecule has 0 spiro atoms. The first-order valence-electron chi connectivity index (χ1n) is 5.22. The SMILES string of the molecule is Cc1c(Cl)ccc2c1C(=O)N(CCO)C2C#N. The van der Waals surface area contributed by atoms with E-state index in [9.17, 15) is 4.79 Å². The quantitative estimate of drug-likeness (QED) is 0.868. The molecule has 0 radical (unpaired) electrons. The molecule has 2 rings (SSSR count). The number of hydrogen-bond acceptors (Lipinski definition) is 3. The number of fused-ring (bicyclic) bond motifs is 1. The number of hydrogen-bond donors (Lipinski definition) is 1. The van der Waals surface area contributed by atoms with E-state index in [4.69, 9.17) is 22.0 Å². The fourth-order valence-corrected chi connectivity index (χ4v) is 2.28. The molecule has 1 aromatic carbocycles. The maximum absolute atomic E-state index is 12.1. The molecule has 0 saturated carbocycles. The number of benzene rings is 1.